The molecule has 0 aliphatic heterocycles. The Balaban J connectivity index is 2.06. The number of anilines is 1. The molecule has 106 valence electrons. The van der Waals surface area contributed by atoms with Gasteiger partial charge in [-0.15, -0.1) is 0 Å². The van der Waals surface area contributed by atoms with Crippen LogP contribution < -0.4 is 5.32 Å². The number of ether oxygens (including phenoxy) is 1. The first-order chi connectivity index (χ1) is 9.33. The van der Waals surface area contributed by atoms with Crippen LogP contribution in [0.2, 0.25) is 0 Å². The second-order valence-corrected chi connectivity index (χ2v) is 7.11. The summed E-state index contributed by atoms with van der Waals surface area (Å²) in [5.41, 5.74) is 0.540. The monoisotopic (exact) mass is 354 g/mol. The van der Waals surface area contributed by atoms with Crippen LogP contribution in [0, 0.1) is 0 Å². The van der Waals surface area contributed by atoms with Crippen molar-refractivity contribution in [3.8, 4) is 10.4 Å². The van der Waals surface area contributed by atoms with Crippen molar-refractivity contribution >= 4 is 38.5 Å². The van der Waals surface area contributed by atoms with E-state index >= 15 is 0 Å². The fourth-order valence-corrected chi connectivity index (χ4v) is 2.54. The number of amides is 1. The molecule has 0 aliphatic carbocycles. The number of hydrogen-bond donors (Lipinski definition) is 1. The van der Waals surface area contributed by atoms with Crippen molar-refractivity contribution in [2.75, 3.05) is 5.32 Å². The smallest absolute Gasteiger partial charge is 0.413 e. The van der Waals surface area contributed by atoms with Crippen molar-refractivity contribution < 1.29 is 9.53 Å². The first kappa shape index (κ1) is 15.0. The topological polar surface area (TPSA) is 51.2 Å². The Labute approximate surface area is 130 Å². The SMILES string of the molecule is CC(C)(C)OC(=O)Nc1ncc(-c2ccc(Br)cc2)s1. The average Bonchev–Trinajstić information content (AvgIpc) is 2.75. The number of halogens is 1. The predicted molar refractivity (Wildman–Crippen MR) is 85.1 cm³/mol. The minimum absolute atomic E-state index is 0.491. The average molecular weight is 355 g/mol. The highest BCUT2D eigenvalue weighted by Crippen LogP contribution is 2.29. The van der Waals surface area contributed by atoms with Crippen LogP contribution in [0.1, 0.15) is 20.8 Å². The fourth-order valence-electron chi connectivity index (χ4n) is 1.47. The maximum absolute atomic E-state index is 11.6. The van der Waals surface area contributed by atoms with Crippen LogP contribution in [0.3, 0.4) is 0 Å². The third kappa shape index (κ3) is 4.31. The highest BCUT2D eigenvalue weighted by atomic mass is 79.9. The van der Waals surface area contributed by atoms with Gasteiger partial charge in [-0.2, -0.15) is 0 Å². The van der Waals surface area contributed by atoms with Crippen molar-refractivity contribution in [1.82, 2.24) is 4.98 Å². The maximum atomic E-state index is 11.6. The van der Waals surface area contributed by atoms with Gasteiger partial charge in [-0.05, 0) is 38.5 Å². The number of rotatable bonds is 2. The maximum Gasteiger partial charge on any atom is 0.413 e. The highest BCUT2D eigenvalue weighted by molar-refractivity contribution is 9.10. The van der Waals surface area contributed by atoms with Gasteiger partial charge in [0.25, 0.3) is 0 Å². The number of carbonyl (C=O) groups is 1. The molecule has 2 rings (SSSR count). The van der Waals surface area contributed by atoms with Crippen LogP contribution in [0.4, 0.5) is 9.93 Å². The van der Waals surface area contributed by atoms with E-state index in [2.05, 4.69) is 26.2 Å². The zero-order chi connectivity index (χ0) is 14.8. The predicted octanol–water partition coefficient (Wildman–Crippen LogP) is 4.92. The quantitative estimate of drug-likeness (QED) is 0.832. The molecule has 0 saturated heterocycles. The molecule has 4 nitrogen and oxygen atoms in total. The Morgan fingerprint density at radius 3 is 2.55 bits per heavy atom. The molecule has 0 spiro atoms. The highest BCUT2D eigenvalue weighted by Gasteiger charge is 2.17. The van der Waals surface area contributed by atoms with Crippen LogP contribution in [-0.4, -0.2) is 16.7 Å². The lowest BCUT2D eigenvalue weighted by atomic mass is 10.2. The summed E-state index contributed by atoms with van der Waals surface area (Å²) in [6.07, 6.45) is 1.25. The largest absolute Gasteiger partial charge is 0.444 e. The molecule has 1 aromatic carbocycles. The van der Waals surface area contributed by atoms with Crippen LogP contribution in [0.15, 0.2) is 34.9 Å². The zero-order valence-electron chi connectivity index (χ0n) is 11.4. The Bertz CT molecular complexity index is 602. The molecule has 1 amide bonds. The Morgan fingerprint density at radius 2 is 1.95 bits per heavy atom. The molecule has 1 aromatic heterocycles. The van der Waals surface area contributed by atoms with E-state index in [9.17, 15) is 4.79 Å². The molecule has 0 bridgehead atoms. The molecular weight excluding hydrogens is 340 g/mol. The van der Waals surface area contributed by atoms with Crippen molar-refractivity contribution in [3.05, 3.63) is 34.9 Å². The fraction of sp³-hybridized carbons (Fsp3) is 0.286. The number of benzene rings is 1. The molecule has 2 aromatic rings. The van der Waals surface area contributed by atoms with Crippen LogP contribution >= 0.6 is 27.3 Å². The van der Waals surface area contributed by atoms with Gasteiger partial charge in [0.2, 0.25) is 0 Å². The van der Waals surface area contributed by atoms with Gasteiger partial charge in [0.15, 0.2) is 5.13 Å². The first-order valence-electron chi connectivity index (χ1n) is 6.05. The van der Waals surface area contributed by atoms with Crippen LogP contribution in [0.25, 0.3) is 10.4 Å². The van der Waals surface area contributed by atoms with Crippen molar-refractivity contribution in [2.24, 2.45) is 0 Å². The molecule has 0 saturated carbocycles. The van der Waals surface area contributed by atoms with E-state index in [0.29, 0.717) is 5.13 Å². The lowest BCUT2D eigenvalue weighted by molar-refractivity contribution is 0.0636. The lowest BCUT2D eigenvalue weighted by Gasteiger charge is -2.18. The van der Waals surface area contributed by atoms with E-state index in [1.165, 1.54) is 11.3 Å². The van der Waals surface area contributed by atoms with Gasteiger partial charge in [-0.3, -0.25) is 5.32 Å². The summed E-state index contributed by atoms with van der Waals surface area (Å²) < 4.78 is 6.21. The molecule has 20 heavy (non-hydrogen) atoms. The standard InChI is InChI=1S/C14H15BrN2O2S/c1-14(2,3)19-13(18)17-12-16-8-11(20-12)9-4-6-10(15)7-5-9/h4-8H,1-3H3,(H,16,17,18). The van der Waals surface area contributed by atoms with E-state index < -0.39 is 11.7 Å². The Morgan fingerprint density at radius 1 is 1.30 bits per heavy atom. The van der Waals surface area contributed by atoms with Gasteiger partial charge in [0.05, 0.1) is 4.88 Å². The van der Waals surface area contributed by atoms with E-state index in [0.717, 1.165) is 14.9 Å². The number of hydrogen-bond acceptors (Lipinski definition) is 4. The molecule has 0 atom stereocenters. The summed E-state index contributed by atoms with van der Waals surface area (Å²) in [5, 5.41) is 3.16. The third-order valence-electron chi connectivity index (χ3n) is 2.24. The molecular formula is C14H15BrN2O2S. The Kier molecular flexibility index (Phi) is 4.45. The van der Waals surface area contributed by atoms with Gasteiger partial charge < -0.3 is 4.74 Å². The van der Waals surface area contributed by atoms with Gasteiger partial charge in [0, 0.05) is 10.7 Å². The van der Waals surface area contributed by atoms with Crippen LogP contribution in [-0.2, 0) is 4.74 Å². The number of nitrogens with zero attached hydrogens (tertiary/aromatic N) is 1. The molecule has 0 aliphatic rings. The van der Waals surface area contributed by atoms with E-state index in [4.69, 9.17) is 4.74 Å². The number of nitrogens with one attached hydrogen (secondary N) is 1. The summed E-state index contributed by atoms with van der Waals surface area (Å²) in [6.45, 7) is 5.46. The molecule has 1 N–H and O–H groups in total. The molecule has 0 unspecified atom stereocenters. The van der Waals surface area contributed by atoms with Crippen molar-refractivity contribution in [3.63, 3.8) is 0 Å². The molecule has 1 heterocycles. The molecule has 6 heteroatoms. The minimum atomic E-state index is -0.518. The lowest BCUT2D eigenvalue weighted by Crippen LogP contribution is -2.27. The zero-order valence-corrected chi connectivity index (χ0v) is 13.8. The van der Waals surface area contributed by atoms with Crippen molar-refractivity contribution in [2.45, 2.75) is 26.4 Å². The van der Waals surface area contributed by atoms with E-state index in [1.54, 1.807) is 6.20 Å². The molecule has 0 radical (unpaired) electrons. The van der Waals surface area contributed by atoms with Gasteiger partial charge in [-0.1, -0.05) is 39.4 Å². The van der Waals surface area contributed by atoms with E-state index in [1.807, 2.05) is 45.0 Å². The first-order valence-corrected chi connectivity index (χ1v) is 7.66. The van der Waals surface area contributed by atoms with Crippen LogP contribution in [0.5, 0.6) is 0 Å². The second-order valence-electron chi connectivity index (χ2n) is 5.16. The summed E-state index contributed by atoms with van der Waals surface area (Å²) in [7, 11) is 0. The summed E-state index contributed by atoms with van der Waals surface area (Å²) in [5.74, 6) is 0. The number of aromatic nitrogens is 1. The minimum Gasteiger partial charge on any atom is -0.444 e. The number of thiazole rings is 1. The molecule has 0 fully saturated rings. The van der Waals surface area contributed by atoms with Gasteiger partial charge >= 0.3 is 6.09 Å². The summed E-state index contributed by atoms with van der Waals surface area (Å²) >= 11 is 4.81. The summed E-state index contributed by atoms with van der Waals surface area (Å²) in [6, 6.07) is 7.93. The second kappa shape index (κ2) is 5.93. The van der Waals surface area contributed by atoms with Crippen molar-refractivity contribution in [1.29, 1.82) is 0 Å². The summed E-state index contributed by atoms with van der Waals surface area (Å²) in [4.78, 5) is 16.8. The van der Waals surface area contributed by atoms with Gasteiger partial charge in [-0.25, -0.2) is 9.78 Å². The Hall–Kier alpha value is -1.40. The third-order valence-corrected chi connectivity index (χ3v) is 3.73. The number of carbonyl (C=O) groups excluding carboxylic acids is 1. The van der Waals surface area contributed by atoms with Gasteiger partial charge in [0.1, 0.15) is 5.60 Å². The van der Waals surface area contributed by atoms with E-state index in [-0.39, 0.29) is 0 Å². The normalized spacial score (nSPS) is 11.2.